The molecule has 0 heterocycles. The molecule has 1 aromatic carbocycles. The van der Waals surface area contributed by atoms with Crippen LogP contribution in [0.2, 0.25) is 5.02 Å². The van der Waals surface area contributed by atoms with E-state index in [4.69, 9.17) is 23.2 Å². The molecule has 0 aliphatic rings. The lowest BCUT2D eigenvalue weighted by molar-refractivity contribution is -0.111. The molecule has 1 rings (SSSR count). The quantitative estimate of drug-likeness (QED) is 0.714. The molecule has 4 heteroatoms. The van der Waals surface area contributed by atoms with Gasteiger partial charge in [0, 0.05) is 22.0 Å². The normalized spacial score (nSPS) is 8.46. The number of carbonyl (C=O) groups is 1. The summed E-state index contributed by atoms with van der Waals surface area (Å²) in [5, 5.41) is 5.03. The summed E-state index contributed by atoms with van der Waals surface area (Å²) in [6.07, 6.45) is 0. The van der Waals surface area contributed by atoms with Gasteiger partial charge in [-0.3, -0.25) is 4.79 Å². The van der Waals surface area contributed by atoms with Crippen LogP contribution in [0.3, 0.4) is 0 Å². The minimum atomic E-state index is -0.461. The fourth-order valence-corrected chi connectivity index (χ4v) is 1.05. The van der Waals surface area contributed by atoms with Crippen LogP contribution in [0, 0.1) is 11.3 Å². The van der Waals surface area contributed by atoms with Gasteiger partial charge in [0.05, 0.1) is 0 Å². The van der Waals surface area contributed by atoms with Crippen LogP contribution in [-0.2, 0) is 4.79 Å². The van der Waals surface area contributed by atoms with Crippen LogP contribution in [0.5, 0.6) is 0 Å². The highest BCUT2D eigenvalue weighted by Gasteiger charge is 1.97. The standard InChI is InChI=1S/C9H5Cl2NO/c10-5-4-9(13)12-8-3-1-2-7(11)6-8/h1-3,6H,(H,12,13). The van der Waals surface area contributed by atoms with Gasteiger partial charge in [-0.15, -0.1) is 0 Å². The van der Waals surface area contributed by atoms with Crippen LogP contribution in [0.4, 0.5) is 5.69 Å². The molecule has 0 aliphatic heterocycles. The van der Waals surface area contributed by atoms with Crippen molar-refractivity contribution in [1.82, 2.24) is 0 Å². The van der Waals surface area contributed by atoms with Gasteiger partial charge >= 0.3 is 5.91 Å². The van der Waals surface area contributed by atoms with Gasteiger partial charge < -0.3 is 5.32 Å². The molecule has 0 aromatic heterocycles. The van der Waals surface area contributed by atoms with Crippen molar-refractivity contribution < 1.29 is 4.79 Å². The molecule has 0 atom stereocenters. The molecular weight excluding hydrogens is 209 g/mol. The summed E-state index contributed by atoms with van der Waals surface area (Å²) in [5.41, 5.74) is 0.594. The van der Waals surface area contributed by atoms with Gasteiger partial charge in [0.15, 0.2) is 0 Å². The molecule has 0 radical (unpaired) electrons. The summed E-state index contributed by atoms with van der Waals surface area (Å²) in [6.45, 7) is 0. The van der Waals surface area contributed by atoms with Gasteiger partial charge in [0.1, 0.15) is 0 Å². The van der Waals surface area contributed by atoms with Gasteiger partial charge in [-0.2, -0.15) is 0 Å². The second kappa shape index (κ2) is 4.76. The smallest absolute Gasteiger partial charge is 0.301 e. The fraction of sp³-hybridized carbons (Fsp3) is 0. The summed E-state index contributed by atoms with van der Waals surface area (Å²) in [6, 6.07) is 6.77. The van der Waals surface area contributed by atoms with Gasteiger partial charge in [-0.1, -0.05) is 17.7 Å². The van der Waals surface area contributed by atoms with E-state index < -0.39 is 5.91 Å². The topological polar surface area (TPSA) is 29.1 Å². The summed E-state index contributed by atoms with van der Waals surface area (Å²) in [7, 11) is 0. The maximum Gasteiger partial charge on any atom is 0.301 e. The maximum absolute atomic E-state index is 10.9. The van der Waals surface area contributed by atoms with Crippen LogP contribution >= 0.6 is 23.2 Å². The van der Waals surface area contributed by atoms with Crippen molar-refractivity contribution in [1.29, 1.82) is 0 Å². The van der Waals surface area contributed by atoms with Crippen molar-refractivity contribution in [2.45, 2.75) is 0 Å². The molecule has 2 nitrogen and oxygen atoms in total. The van der Waals surface area contributed by atoms with Crippen molar-refractivity contribution in [2.75, 3.05) is 5.32 Å². The molecule has 66 valence electrons. The predicted octanol–water partition coefficient (Wildman–Crippen LogP) is 2.48. The first-order valence-electron chi connectivity index (χ1n) is 3.40. The number of benzene rings is 1. The Kier molecular flexibility index (Phi) is 3.63. The van der Waals surface area contributed by atoms with E-state index >= 15 is 0 Å². The van der Waals surface area contributed by atoms with Crippen molar-refractivity contribution >= 4 is 34.8 Å². The van der Waals surface area contributed by atoms with Crippen LogP contribution < -0.4 is 5.32 Å². The number of amides is 1. The Morgan fingerprint density at radius 2 is 2.23 bits per heavy atom. The van der Waals surface area contributed by atoms with Crippen LogP contribution in [-0.4, -0.2) is 5.91 Å². The molecule has 0 bridgehead atoms. The van der Waals surface area contributed by atoms with E-state index in [1.54, 1.807) is 24.3 Å². The van der Waals surface area contributed by atoms with Crippen molar-refractivity contribution in [3.05, 3.63) is 29.3 Å². The van der Waals surface area contributed by atoms with Crippen LogP contribution in [0.15, 0.2) is 24.3 Å². The van der Waals surface area contributed by atoms with E-state index in [1.807, 2.05) is 5.38 Å². The number of hydrogen-bond donors (Lipinski definition) is 1. The molecule has 13 heavy (non-hydrogen) atoms. The zero-order valence-corrected chi connectivity index (χ0v) is 7.99. The molecule has 1 amide bonds. The molecule has 0 spiro atoms. The van der Waals surface area contributed by atoms with Crippen molar-refractivity contribution in [3.63, 3.8) is 0 Å². The molecule has 0 unspecified atom stereocenters. The maximum atomic E-state index is 10.9. The third kappa shape index (κ3) is 3.37. The number of rotatable bonds is 1. The zero-order valence-electron chi connectivity index (χ0n) is 6.47. The first-order valence-corrected chi connectivity index (χ1v) is 4.16. The van der Waals surface area contributed by atoms with E-state index in [2.05, 4.69) is 11.2 Å². The second-order valence-corrected chi connectivity index (χ2v) is 2.81. The lowest BCUT2D eigenvalue weighted by atomic mass is 10.3. The molecular formula is C9H5Cl2NO. The number of anilines is 1. The van der Waals surface area contributed by atoms with Gasteiger partial charge in [-0.25, -0.2) is 0 Å². The number of nitrogens with one attached hydrogen (secondary N) is 1. The highest BCUT2D eigenvalue weighted by Crippen LogP contribution is 2.14. The summed E-state index contributed by atoms with van der Waals surface area (Å²) in [5.74, 6) is 1.67. The Labute approximate surface area is 85.8 Å². The monoisotopic (exact) mass is 213 g/mol. The second-order valence-electron chi connectivity index (χ2n) is 2.18. The first-order chi connectivity index (χ1) is 6.22. The molecule has 1 aromatic rings. The summed E-state index contributed by atoms with van der Waals surface area (Å²) < 4.78 is 0. The SMILES string of the molecule is O=C(C#CCl)Nc1cccc(Cl)c1. The molecule has 0 aliphatic carbocycles. The van der Waals surface area contributed by atoms with Gasteiger partial charge in [0.25, 0.3) is 0 Å². The Bertz CT molecular complexity index is 379. The van der Waals surface area contributed by atoms with E-state index in [1.165, 1.54) is 0 Å². The van der Waals surface area contributed by atoms with E-state index in [0.29, 0.717) is 10.7 Å². The molecule has 0 fully saturated rings. The van der Waals surface area contributed by atoms with Crippen LogP contribution in [0.25, 0.3) is 0 Å². The Morgan fingerprint density at radius 3 is 2.85 bits per heavy atom. The minimum Gasteiger partial charge on any atom is -0.315 e. The van der Waals surface area contributed by atoms with E-state index in [-0.39, 0.29) is 0 Å². The lowest BCUT2D eigenvalue weighted by Gasteiger charge is -1.99. The Balaban J connectivity index is 2.73. The van der Waals surface area contributed by atoms with Crippen LogP contribution in [0.1, 0.15) is 0 Å². The highest BCUT2D eigenvalue weighted by atomic mass is 35.5. The summed E-state index contributed by atoms with van der Waals surface area (Å²) in [4.78, 5) is 10.9. The number of carbonyl (C=O) groups excluding carboxylic acids is 1. The van der Waals surface area contributed by atoms with Gasteiger partial charge in [-0.05, 0) is 29.8 Å². The molecule has 0 saturated heterocycles. The third-order valence-electron chi connectivity index (χ3n) is 1.24. The predicted molar refractivity (Wildman–Crippen MR) is 53.7 cm³/mol. The Morgan fingerprint density at radius 1 is 1.46 bits per heavy atom. The highest BCUT2D eigenvalue weighted by molar-refractivity contribution is 6.32. The average Bonchev–Trinajstić information content (AvgIpc) is 2.04. The van der Waals surface area contributed by atoms with E-state index in [9.17, 15) is 4.79 Å². The molecule has 1 N–H and O–H groups in total. The van der Waals surface area contributed by atoms with E-state index in [0.717, 1.165) is 0 Å². The first kappa shape index (κ1) is 9.91. The summed E-state index contributed by atoms with van der Waals surface area (Å²) >= 11 is 10.7. The average molecular weight is 214 g/mol. The van der Waals surface area contributed by atoms with Gasteiger partial charge in [0.2, 0.25) is 0 Å². The van der Waals surface area contributed by atoms with Crippen molar-refractivity contribution in [3.8, 4) is 11.3 Å². The fourth-order valence-electron chi connectivity index (χ4n) is 0.771. The largest absolute Gasteiger partial charge is 0.315 e. The minimum absolute atomic E-state index is 0.461. The lowest BCUT2D eigenvalue weighted by Crippen LogP contribution is -2.07. The molecule has 0 saturated carbocycles. The zero-order chi connectivity index (χ0) is 9.68. The number of halogens is 2. The number of hydrogen-bond acceptors (Lipinski definition) is 1. The van der Waals surface area contributed by atoms with Crippen molar-refractivity contribution in [2.24, 2.45) is 0 Å². The third-order valence-corrected chi connectivity index (χ3v) is 1.57. The Hall–Kier alpha value is -1.17.